The van der Waals surface area contributed by atoms with Gasteiger partial charge in [0.2, 0.25) is 0 Å². The second-order valence-electron chi connectivity index (χ2n) is 6.76. The lowest BCUT2D eigenvalue weighted by atomic mass is 10.2. The quantitative estimate of drug-likeness (QED) is 0.595. The second-order valence-corrected chi connectivity index (χ2v) is 7.14. The van der Waals surface area contributed by atoms with Crippen LogP contribution in [-0.2, 0) is 13.6 Å². The number of nitrogens with one attached hydrogen (secondary N) is 1. The number of H-pyrrole nitrogens is 1. The molecular weight excluding hydrogens is 356 g/mol. The Morgan fingerprint density at radius 2 is 2.08 bits per heavy atom. The van der Waals surface area contributed by atoms with E-state index in [-0.39, 0.29) is 10.7 Å². The highest BCUT2D eigenvalue weighted by atomic mass is 35.5. The maximum atomic E-state index is 12.8. The van der Waals surface area contributed by atoms with Crippen molar-refractivity contribution < 1.29 is 0 Å². The molecular formula is C17H15ClN6O2. The molecule has 1 N–H and O–H groups in total. The van der Waals surface area contributed by atoms with Crippen LogP contribution in [0.4, 0.5) is 0 Å². The molecule has 8 nitrogen and oxygen atoms in total. The molecule has 1 aliphatic carbocycles. The van der Waals surface area contributed by atoms with Gasteiger partial charge in [-0.15, -0.1) is 5.10 Å². The summed E-state index contributed by atoms with van der Waals surface area (Å²) in [4.78, 5) is 27.8. The highest BCUT2D eigenvalue weighted by Gasteiger charge is 2.25. The largest absolute Gasteiger partial charge is 0.327 e. The summed E-state index contributed by atoms with van der Waals surface area (Å²) >= 11 is 6.36. The van der Waals surface area contributed by atoms with E-state index in [9.17, 15) is 9.59 Å². The van der Waals surface area contributed by atoms with E-state index in [1.807, 2.05) is 25.4 Å². The summed E-state index contributed by atoms with van der Waals surface area (Å²) in [6.07, 6.45) is 4.04. The number of benzene rings is 1. The molecule has 0 bridgehead atoms. The zero-order chi connectivity index (χ0) is 18.0. The average molecular weight is 371 g/mol. The SMILES string of the molecule is Cn1cc2cc(-n3nc4[nH]c(=O)n(CC5CC5)c4c(Cl)c3=O)ccc2n1. The third-order valence-electron chi connectivity index (χ3n) is 4.74. The summed E-state index contributed by atoms with van der Waals surface area (Å²) in [5.41, 5.74) is 1.33. The van der Waals surface area contributed by atoms with Crippen LogP contribution in [0.5, 0.6) is 0 Å². The molecule has 0 aliphatic heterocycles. The van der Waals surface area contributed by atoms with E-state index < -0.39 is 5.56 Å². The van der Waals surface area contributed by atoms with Crippen molar-refractivity contribution in [1.29, 1.82) is 0 Å². The zero-order valence-electron chi connectivity index (χ0n) is 13.9. The number of imidazole rings is 1. The van der Waals surface area contributed by atoms with Crippen molar-refractivity contribution in [3.63, 3.8) is 0 Å². The fourth-order valence-electron chi connectivity index (χ4n) is 3.27. The Bertz CT molecular complexity index is 1290. The molecule has 0 saturated heterocycles. The fourth-order valence-corrected chi connectivity index (χ4v) is 3.54. The monoisotopic (exact) mass is 370 g/mol. The van der Waals surface area contributed by atoms with E-state index in [0.717, 1.165) is 23.7 Å². The van der Waals surface area contributed by atoms with Gasteiger partial charge in [0, 0.05) is 25.2 Å². The van der Waals surface area contributed by atoms with Crippen molar-refractivity contribution in [1.82, 2.24) is 29.1 Å². The number of halogens is 1. The van der Waals surface area contributed by atoms with Crippen LogP contribution in [0.15, 0.2) is 34.0 Å². The number of nitrogens with zero attached hydrogens (tertiary/aromatic N) is 5. The molecule has 1 aromatic carbocycles. The van der Waals surface area contributed by atoms with Crippen LogP contribution in [0.25, 0.3) is 27.8 Å². The minimum atomic E-state index is -0.453. The van der Waals surface area contributed by atoms with Gasteiger partial charge in [0.15, 0.2) is 5.65 Å². The van der Waals surface area contributed by atoms with Gasteiger partial charge in [0.05, 0.1) is 11.2 Å². The number of aryl methyl sites for hydroxylation is 1. The topological polar surface area (TPSA) is 90.5 Å². The van der Waals surface area contributed by atoms with Gasteiger partial charge in [0.1, 0.15) is 10.5 Å². The highest BCUT2D eigenvalue weighted by Crippen LogP contribution is 2.31. The summed E-state index contributed by atoms with van der Waals surface area (Å²) in [6.45, 7) is 0.561. The summed E-state index contributed by atoms with van der Waals surface area (Å²) < 4.78 is 4.45. The Hall–Kier alpha value is -2.87. The Morgan fingerprint density at radius 3 is 2.85 bits per heavy atom. The average Bonchev–Trinajstić information content (AvgIpc) is 3.26. The highest BCUT2D eigenvalue weighted by molar-refractivity contribution is 6.34. The molecule has 1 fully saturated rings. The minimum Gasteiger partial charge on any atom is -0.289 e. The van der Waals surface area contributed by atoms with Crippen LogP contribution in [0.1, 0.15) is 12.8 Å². The molecule has 132 valence electrons. The molecule has 1 aliphatic rings. The first kappa shape index (κ1) is 15.4. The normalized spacial score (nSPS) is 14.5. The van der Waals surface area contributed by atoms with E-state index in [4.69, 9.17) is 11.6 Å². The Morgan fingerprint density at radius 1 is 1.27 bits per heavy atom. The van der Waals surface area contributed by atoms with Gasteiger partial charge in [0.25, 0.3) is 5.56 Å². The number of aromatic nitrogens is 6. The number of hydrogen-bond acceptors (Lipinski definition) is 4. The fraction of sp³-hybridized carbons (Fsp3) is 0.294. The number of fused-ring (bicyclic) bond motifs is 2. The summed E-state index contributed by atoms with van der Waals surface area (Å²) in [5.74, 6) is 0.471. The number of rotatable bonds is 3. The van der Waals surface area contributed by atoms with Gasteiger partial charge in [-0.1, -0.05) is 11.6 Å². The molecule has 9 heteroatoms. The molecule has 26 heavy (non-hydrogen) atoms. The lowest BCUT2D eigenvalue weighted by molar-refractivity contribution is 0.624. The van der Waals surface area contributed by atoms with Crippen molar-refractivity contribution in [3.8, 4) is 5.69 Å². The maximum Gasteiger partial charge on any atom is 0.327 e. The van der Waals surface area contributed by atoms with Crippen LogP contribution >= 0.6 is 11.6 Å². The predicted molar refractivity (Wildman–Crippen MR) is 98.0 cm³/mol. The van der Waals surface area contributed by atoms with Crippen molar-refractivity contribution in [2.75, 3.05) is 0 Å². The second kappa shape index (κ2) is 5.31. The lowest BCUT2D eigenvalue weighted by Crippen LogP contribution is -2.23. The third kappa shape index (κ3) is 2.29. The molecule has 5 rings (SSSR count). The van der Waals surface area contributed by atoms with Crippen molar-refractivity contribution >= 4 is 33.7 Å². The van der Waals surface area contributed by atoms with Gasteiger partial charge < -0.3 is 0 Å². The first-order valence-corrected chi connectivity index (χ1v) is 8.74. The standard InChI is InChI=1S/C17H15ClN6O2/c1-22-8-10-6-11(4-5-12(10)20-22)24-16(25)13(18)14-15(21-24)19-17(26)23(14)7-9-2-3-9/h4-6,8-9H,2-3,7H2,1H3,(H,19,21,26). The van der Waals surface area contributed by atoms with Gasteiger partial charge >= 0.3 is 5.69 Å². The van der Waals surface area contributed by atoms with Gasteiger partial charge in [-0.2, -0.15) is 9.78 Å². The first-order chi connectivity index (χ1) is 12.5. The van der Waals surface area contributed by atoms with Crippen LogP contribution in [-0.4, -0.2) is 29.1 Å². The summed E-state index contributed by atoms with van der Waals surface area (Å²) in [7, 11) is 1.83. The van der Waals surface area contributed by atoms with E-state index in [2.05, 4.69) is 15.2 Å². The van der Waals surface area contributed by atoms with Crippen molar-refractivity contribution in [2.45, 2.75) is 19.4 Å². The zero-order valence-corrected chi connectivity index (χ0v) is 14.7. The number of aromatic amines is 1. The van der Waals surface area contributed by atoms with Crippen molar-refractivity contribution in [2.24, 2.45) is 13.0 Å². The van der Waals surface area contributed by atoms with Crippen LogP contribution in [0, 0.1) is 5.92 Å². The molecule has 1 saturated carbocycles. The molecule has 0 amide bonds. The molecule has 0 atom stereocenters. The maximum absolute atomic E-state index is 12.8. The number of hydrogen-bond donors (Lipinski definition) is 1. The Kier molecular flexibility index (Phi) is 3.14. The van der Waals surface area contributed by atoms with Crippen LogP contribution in [0.2, 0.25) is 5.02 Å². The summed E-state index contributed by atoms with van der Waals surface area (Å²) in [5, 5.41) is 9.55. The molecule has 0 radical (unpaired) electrons. The summed E-state index contributed by atoms with van der Waals surface area (Å²) in [6, 6.07) is 5.39. The lowest BCUT2D eigenvalue weighted by Gasteiger charge is -2.07. The smallest absolute Gasteiger partial charge is 0.289 e. The minimum absolute atomic E-state index is 0.000263. The first-order valence-electron chi connectivity index (χ1n) is 8.36. The molecule has 3 aromatic heterocycles. The molecule has 3 heterocycles. The molecule has 4 aromatic rings. The van der Waals surface area contributed by atoms with Gasteiger partial charge in [-0.05, 0) is 37.0 Å². The molecule has 0 spiro atoms. The van der Waals surface area contributed by atoms with Crippen LogP contribution in [0.3, 0.4) is 0 Å². The van der Waals surface area contributed by atoms with Crippen LogP contribution < -0.4 is 11.2 Å². The Balaban J connectivity index is 1.73. The molecule has 0 unspecified atom stereocenters. The predicted octanol–water partition coefficient (Wildman–Crippen LogP) is 1.83. The van der Waals surface area contributed by atoms with E-state index in [0.29, 0.717) is 29.3 Å². The Labute approximate surface area is 151 Å². The van der Waals surface area contributed by atoms with E-state index in [1.54, 1.807) is 10.7 Å². The van der Waals surface area contributed by atoms with Gasteiger partial charge in [-0.25, -0.2) is 4.79 Å². The third-order valence-corrected chi connectivity index (χ3v) is 5.08. The van der Waals surface area contributed by atoms with E-state index in [1.165, 1.54) is 9.25 Å². The van der Waals surface area contributed by atoms with E-state index >= 15 is 0 Å². The van der Waals surface area contributed by atoms with Crippen molar-refractivity contribution in [3.05, 3.63) is 50.3 Å². The van der Waals surface area contributed by atoms with Gasteiger partial charge in [-0.3, -0.25) is 19.0 Å².